The lowest BCUT2D eigenvalue weighted by Gasteiger charge is -2.14. The van der Waals surface area contributed by atoms with E-state index in [9.17, 15) is 4.79 Å². The van der Waals surface area contributed by atoms with Crippen molar-refractivity contribution < 1.29 is 9.21 Å². The summed E-state index contributed by atoms with van der Waals surface area (Å²) in [6.07, 6.45) is 1.58. The van der Waals surface area contributed by atoms with Gasteiger partial charge in [-0.05, 0) is 43.7 Å². The summed E-state index contributed by atoms with van der Waals surface area (Å²) >= 11 is 3.34. The number of carbonyl (C=O) groups excluding carboxylic acids is 1. The summed E-state index contributed by atoms with van der Waals surface area (Å²) < 4.78 is 6.04. The second kappa shape index (κ2) is 5.48. The number of hydrogen-bond acceptors (Lipinski definition) is 3. The standard InChI is InChI=1S/C14H15BrN2O2/c1-8-11(6-10(15)7-12(8)16)14(18)17-9(2)13-4-3-5-19-13/h3-7,9H,16H2,1-2H3,(H,17,18). The maximum atomic E-state index is 12.2. The highest BCUT2D eigenvalue weighted by molar-refractivity contribution is 9.10. The van der Waals surface area contributed by atoms with Gasteiger partial charge in [0.1, 0.15) is 5.76 Å². The molecule has 5 heteroatoms. The van der Waals surface area contributed by atoms with Gasteiger partial charge < -0.3 is 15.5 Å². The third-order valence-electron chi connectivity index (χ3n) is 2.97. The normalized spacial score (nSPS) is 12.2. The van der Waals surface area contributed by atoms with Crippen LogP contribution in [0.4, 0.5) is 5.69 Å². The summed E-state index contributed by atoms with van der Waals surface area (Å²) in [6, 6.07) is 6.97. The lowest BCUT2D eigenvalue weighted by molar-refractivity contribution is 0.0934. The molecule has 0 aliphatic heterocycles. The second-order valence-electron chi connectivity index (χ2n) is 4.38. The fourth-order valence-corrected chi connectivity index (χ4v) is 2.29. The fourth-order valence-electron chi connectivity index (χ4n) is 1.82. The zero-order valence-corrected chi connectivity index (χ0v) is 12.3. The van der Waals surface area contributed by atoms with Crippen molar-refractivity contribution in [2.24, 2.45) is 0 Å². The van der Waals surface area contributed by atoms with Gasteiger partial charge in [0.15, 0.2) is 0 Å². The zero-order valence-electron chi connectivity index (χ0n) is 10.7. The van der Waals surface area contributed by atoms with Gasteiger partial charge in [0.2, 0.25) is 0 Å². The molecule has 1 aromatic heterocycles. The molecule has 1 unspecified atom stereocenters. The molecule has 0 aliphatic rings. The Morgan fingerprint density at radius 3 is 2.84 bits per heavy atom. The Balaban J connectivity index is 2.21. The number of rotatable bonds is 3. The Bertz CT molecular complexity index is 594. The van der Waals surface area contributed by atoms with Crippen molar-refractivity contribution in [3.63, 3.8) is 0 Å². The Morgan fingerprint density at radius 2 is 2.21 bits per heavy atom. The van der Waals surface area contributed by atoms with Crippen molar-refractivity contribution in [2.45, 2.75) is 19.9 Å². The lowest BCUT2D eigenvalue weighted by atomic mass is 10.1. The van der Waals surface area contributed by atoms with Crippen LogP contribution in [0.2, 0.25) is 0 Å². The average molecular weight is 323 g/mol. The SMILES string of the molecule is Cc1c(N)cc(Br)cc1C(=O)NC(C)c1ccco1. The molecule has 0 aliphatic carbocycles. The minimum absolute atomic E-state index is 0.172. The molecule has 0 saturated carbocycles. The van der Waals surface area contributed by atoms with Gasteiger partial charge in [-0.25, -0.2) is 0 Å². The minimum Gasteiger partial charge on any atom is -0.467 e. The van der Waals surface area contributed by atoms with Crippen LogP contribution in [0.1, 0.15) is 34.6 Å². The Kier molecular flexibility index (Phi) is 3.95. The third-order valence-corrected chi connectivity index (χ3v) is 3.43. The molecule has 3 N–H and O–H groups in total. The van der Waals surface area contributed by atoms with E-state index in [1.165, 1.54) is 0 Å². The molecule has 0 bridgehead atoms. The van der Waals surface area contributed by atoms with Crippen LogP contribution in [-0.2, 0) is 0 Å². The number of nitrogen functional groups attached to an aromatic ring is 1. The number of anilines is 1. The molecule has 1 amide bonds. The largest absolute Gasteiger partial charge is 0.467 e. The number of halogens is 1. The smallest absolute Gasteiger partial charge is 0.252 e. The van der Waals surface area contributed by atoms with E-state index in [-0.39, 0.29) is 11.9 Å². The van der Waals surface area contributed by atoms with Crippen molar-refractivity contribution in [3.8, 4) is 0 Å². The van der Waals surface area contributed by atoms with E-state index in [2.05, 4.69) is 21.2 Å². The maximum absolute atomic E-state index is 12.2. The first-order valence-electron chi connectivity index (χ1n) is 5.89. The van der Waals surface area contributed by atoms with E-state index in [4.69, 9.17) is 10.2 Å². The molecule has 1 atom stereocenters. The van der Waals surface area contributed by atoms with E-state index in [0.717, 1.165) is 10.0 Å². The average Bonchev–Trinajstić information content (AvgIpc) is 2.87. The molecule has 0 fully saturated rings. The number of furan rings is 1. The summed E-state index contributed by atoms with van der Waals surface area (Å²) in [5.74, 6) is 0.545. The number of nitrogens with one attached hydrogen (secondary N) is 1. The lowest BCUT2D eigenvalue weighted by Crippen LogP contribution is -2.27. The topological polar surface area (TPSA) is 68.3 Å². The van der Waals surface area contributed by atoms with Gasteiger partial charge in [-0.15, -0.1) is 0 Å². The number of benzene rings is 1. The number of amides is 1. The van der Waals surface area contributed by atoms with E-state index >= 15 is 0 Å². The molecular weight excluding hydrogens is 308 g/mol. The van der Waals surface area contributed by atoms with E-state index in [0.29, 0.717) is 17.0 Å². The Morgan fingerprint density at radius 1 is 1.47 bits per heavy atom. The maximum Gasteiger partial charge on any atom is 0.252 e. The molecule has 0 spiro atoms. The molecule has 1 aromatic carbocycles. The zero-order chi connectivity index (χ0) is 14.0. The Labute approximate surface area is 120 Å². The molecular formula is C14H15BrN2O2. The number of nitrogens with two attached hydrogens (primary N) is 1. The highest BCUT2D eigenvalue weighted by Gasteiger charge is 2.16. The van der Waals surface area contributed by atoms with Crippen LogP contribution in [0, 0.1) is 6.92 Å². The number of carbonyl (C=O) groups is 1. The number of hydrogen-bond donors (Lipinski definition) is 2. The molecule has 2 rings (SSSR count). The first kappa shape index (κ1) is 13.7. The van der Waals surface area contributed by atoms with Crippen LogP contribution in [0.25, 0.3) is 0 Å². The molecule has 1 heterocycles. The summed E-state index contributed by atoms with van der Waals surface area (Å²) in [7, 11) is 0. The quantitative estimate of drug-likeness (QED) is 0.851. The van der Waals surface area contributed by atoms with Gasteiger partial charge >= 0.3 is 0 Å². The van der Waals surface area contributed by atoms with Gasteiger partial charge in [0.05, 0.1) is 12.3 Å². The first-order chi connectivity index (χ1) is 8.99. The Hall–Kier alpha value is -1.75. The predicted molar refractivity (Wildman–Crippen MR) is 77.9 cm³/mol. The van der Waals surface area contributed by atoms with Crippen LogP contribution < -0.4 is 11.1 Å². The van der Waals surface area contributed by atoms with Crippen LogP contribution in [0.3, 0.4) is 0 Å². The van der Waals surface area contributed by atoms with E-state index in [1.54, 1.807) is 24.5 Å². The van der Waals surface area contributed by atoms with Crippen LogP contribution in [0.5, 0.6) is 0 Å². The van der Waals surface area contributed by atoms with Crippen molar-refractivity contribution >= 4 is 27.5 Å². The van der Waals surface area contributed by atoms with Crippen LogP contribution in [0.15, 0.2) is 39.4 Å². The fraction of sp³-hybridized carbons (Fsp3) is 0.214. The highest BCUT2D eigenvalue weighted by atomic mass is 79.9. The summed E-state index contributed by atoms with van der Waals surface area (Å²) in [4.78, 5) is 12.2. The third kappa shape index (κ3) is 2.98. The molecule has 0 radical (unpaired) electrons. The van der Waals surface area contributed by atoms with Crippen LogP contribution in [-0.4, -0.2) is 5.91 Å². The van der Waals surface area contributed by atoms with Gasteiger partial charge in [0, 0.05) is 15.7 Å². The highest BCUT2D eigenvalue weighted by Crippen LogP contribution is 2.23. The molecule has 4 nitrogen and oxygen atoms in total. The van der Waals surface area contributed by atoms with Crippen molar-refractivity contribution in [3.05, 3.63) is 51.9 Å². The van der Waals surface area contributed by atoms with Crippen molar-refractivity contribution in [1.82, 2.24) is 5.32 Å². The van der Waals surface area contributed by atoms with Gasteiger partial charge in [-0.1, -0.05) is 15.9 Å². The summed E-state index contributed by atoms with van der Waals surface area (Å²) in [5.41, 5.74) is 7.78. The van der Waals surface area contributed by atoms with Gasteiger partial charge in [-0.3, -0.25) is 4.79 Å². The summed E-state index contributed by atoms with van der Waals surface area (Å²) in [6.45, 7) is 3.70. The van der Waals surface area contributed by atoms with Gasteiger partial charge in [0.25, 0.3) is 5.91 Å². The van der Waals surface area contributed by atoms with Crippen molar-refractivity contribution in [2.75, 3.05) is 5.73 Å². The molecule has 2 aromatic rings. The monoisotopic (exact) mass is 322 g/mol. The molecule has 0 saturated heterocycles. The second-order valence-corrected chi connectivity index (χ2v) is 5.29. The van der Waals surface area contributed by atoms with Crippen LogP contribution >= 0.6 is 15.9 Å². The molecule has 100 valence electrons. The summed E-state index contributed by atoms with van der Waals surface area (Å²) in [5, 5.41) is 2.88. The first-order valence-corrected chi connectivity index (χ1v) is 6.68. The predicted octanol–water partition coefficient (Wildman–Crippen LogP) is 3.42. The van der Waals surface area contributed by atoms with Gasteiger partial charge in [-0.2, -0.15) is 0 Å². The molecule has 19 heavy (non-hydrogen) atoms. The van der Waals surface area contributed by atoms with Crippen molar-refractivity contribution in [1.29, 1.82) is 0 Å². The van der Waals surface area contributed by atoms with E-state index < -0.39 is 0 Å². The van der Waals surface area contributed by atoms with E-state index in [1.807, 2.05) is 19.9 Å². The minimum atomic E-state index is -0.192.